The highest BCUT2D eigenvalue weighted by atomic mass is 32.2. The molecule has 0 aliphatic rings. The van der Waals surface area contributed by atoms with E-state index in [9.17, 15) is 13.2 Å². The molecule has 8 nitrogen and oxygen atoms in total. The van der Waals surface area contributed by atoms with Crippen LogP contribution in [0.4, 0.5) is 0 Å². The lowest BCUT2D eigenvalue weighted by atomic mass is 10.4. The minimum atomic E-state index is -3.82. The van der Waals surface area contributed by atoms with Crippen LogP contribution in [0.25, 0.3) is 0 Å². The normalized spacial score (nSPS) is 13.6. The molecule has 1 unspecified atom stereocenters. The average molecular weight is 248 g/mol. The third-order valence-electron chi connectivity index (χ3n) is 1.94. The summed E-state index contributed by atoms with van der Waals surface area (Å²) in [6.45, 7) is 1.19. The Labute approximate surface area is 92.1 Å². The SMILES string of the molecule is CC(C(=O)O)S(=O)(=O)NCCc1ncn[nH]1. The van der Waals surface area contributed by atoms with Crippen molar-refractivity contribution in [3.05, 3.63) is 12.2 Å². The number of aliphatic carboxylic acids is 1. The fourth-order valence-electron chi connectivity index (χ4n) is 0.921. The topological polar surface area (TPSA) is 125 Å². The molecule has 0 aliphatic carbocycles. The van der Waals surface area contributed by atoms with Gasteiger partial charge in [0.15, 0.2) is 5.25 Å². The summed E-state index contributed by atoms with van der Waals surface area (Å²) in [5, 5.41) is 13.2. The van der Waals surface area contributed by atoms with Gasteiger partial charge in [0.2, 0.25) is 10.0 Å². The average Bonchev–Trinajstić information content (AvgIpc) is 2.69. The molecule has 0 amide bonds. The summed E-state index contributed by atoms with van der Waals surface area (Å²) in [5.74, 6) is -0.849. The second-order valence-electron chi connectivity index (χ2n) is 3.10. The molecule has 0 saturated heterocycles. The van der Waals surface area contributed by atoms with E-state index in [1.54, 1.807) is 0 Å². The highest BCUT2D eigenvalue weighted by molar-refractivity contribution is 7.90. The number of aromatic nitrogens is 3. The van der Waals surface area contributed by atoms with Crippen LogP contribution in [0.1, 0.15) is 12.7 Å². The summed E-state index contributed by atoms with van der Waals surface area (Å²) in [6, 6.07) is 0. The molecule has 0 aromatic carbocycles. The number of nitrogens with one attached hydrogen (secondary N) is 2. The Morgan fingerprint density at radius 2 is 2.38 bits per heavy atom. The van der Waals surface area contributed by atoms with Crippen LogP contribution in [0.15, 0.2) is 6.33 Å². The quantitative estimate of drug-likeness (QED) is 0.577. The van der Waals surface area contributed by atoms with Gasteiger partial charge < -0.3 is 5.11 Å². The van der Waals surface area contributed by atoms with E-state index < -0.39 is 21.2 Å². The predicted octanol–water partition coefficient (Wildman–Crippen LogP) is -1.26. The molecule has 0 saturated carbocycles. The molecule has 16 heavy (non-hydrogen) atoms. The largest absolute Gasteiger partial charge is 0.480 e. The van der Waals surface area contributed by atoms with Gasteiger partial charge >= 0.3 is 5.97 Å². The van der Waals surface area contributed by atoms with Gasteiger partial charge in [0.1, 0.15) is 12.2 Å². The van der Waals surface area contributed by atoms with Crippen molar-refractivity contribution in [3.8, 4) is 0 Å². The lowest BCUT2D eigenvalue weighted by Crippen LogP contribution is -2.38. The summed E-state index contributed by atoms with van der Waals surface area (Å²) in [4.78, 5) is 14.3. The van der Waals surface area contributed by atoms with Crippen molar-refractivity contribution in [2.45, 2.75) is 18.6 Å². The zero-order chi connectivity index (χ0) is 12.2. The van der Waals surface area contributed by atoms with Crippen LogP contribution >= 0.6 is 0 Å². The first-order chi connectivity index (χ1) is 7.43. The van der Waals surface area contributed by atoms with Crippen molar-refractivity contribution in [2.75, 3.05) is 6.54 Å². The van der Waals surface area contributed by atoms with Gasteiger partial charge in [0.05, 0.1) is 0 Å². The van der Waals surface area contributed by atoms with Gasteiger partial charge in [-0.25, -0.2) is 18.1 Å². The smallest absolute Gasteiger partial charge is 0.323 e. The van der Waals surface area contributed by atoms with Gasteiger partial charge in [0.25, 0.3) is 0 Å². The molecule has 0 spiro atoms. The Kier molecular flexibility index (Phi) is 3.96. The van der Waals surface area contributed by atoms with Crippen LogP contribution in [0, 0.1) is 0 Å². The second kappa shape index (κ2) is 5.03. The number of hydrogen-bond acceptors (Lipinski definition) is 5. The predicted molar refractivity (Wildman–Crippen MR) is 54.1 cm³/mol. The molecule has 0 fully saturated rings. The number of rotatable bonds is 6. The maximum Gasteiger partial charge on any atom is 0.323 e. The zero-order valence-corrected chi connectivity index (χ0v) is 9.36. The van der Waals surface area contributed by atoms with Gasteiger partial charge in [-0.2, -0.15) is 5.10 Å². The van der Waals surface area contributed by atoms with Crippen LogP contribution in [-0.2, 0) is 21.2 Å². The van der Waals surface area contributed by atoms with E-state index in [-0.39, 0.29) is 6.54 Å². The number of aromatic amines is 1. The van der Waals surface area contributed by atoms with Crippen molar-refractivity contribution in [2.24, 2.45) is 0 Å². The monoisotopic (exact) mass is 248 g/mol. The highest BCUT2D eigenvalue weighted by Crippen LogP contribution is 1.98. The number of carboxylic acids is 1. The number of carboxylic acid groups (broad SMARTS) is 1. The summed E-state index contributed by atoms with van der Waals surface area (Å²) in [6.07, 6.45) is 1.63. The van der Waals surface area contributed by atoms with E-state index in [1.165, 1.54) is 6.33 Å². The minimum Gasteiger partial charge on any atom is -0.480 e. The standard InChI is InChI=1S/C7H12N4O4S/c1-5(7(12)13)16(14,15)10-3-2-6-8-4-9-11-6/h4-5,10H,2-3H2,1H3,(H,12,13)(H,8,9,11). The number of carbonyl (C=O) groups is 1. The lowest BCUT2D eigenvalue weighted by molar-refractivity contribution is -0.136. The van der Waals surface area contributed by atoms with Crippen LogP contribution in [0.2, 0.25) is 0 Å². The number of sulfonamides is 1. The summed E-state index contributed by atoms with van der Waals surface area (Å²) < 4.78 is 24.9. The first-order valence-corrected chi connectivity index (χ1v) is 6.03. The molecule has 0 bridgehead atoms. The highest BCUT2D eigenvalue weighted by Gasteiger charge is 2.26. The van der Waals surface area contributed by atoms with Crippen molar-refractivity contribution in [1.82, 2.24) is 19.9 Å². The first-order valence-electron chi connectivity index (χ1n) is 4.49. The third-order valence-corrected chi connectivity index (χ3v) is 3.68. The molecule has 1 aromatic rings. The second-order valence-corrected chi connectivity index (χ2v) is 5.19. The first kappa shape index (κ1) is 12.6. The van der Waals surface area contributed by atoms with Crippen LogP contribution < -0.4 is 4.72 Å². The third kappa shape index (κ3) is 3.28. The molecule has 1 atom stereocenters. The number of nitrogens with zero attached hydrogens (tertiary/aromatic N) is 2. The maximum atomic E-state index is 11.4. The minimum absolute atomic E-state index is 0.0785. The molecule has 1 aromatic heterocycles. The fourth-order valence-corrected chi connectivity index (χ4v) is 1.82. The summed E-state index contributed by atoms with van der Waals surface area (Å²) in [5.41, 5.74) is 0. The van der Waals surface area contributed by atoms with Gasteiger partial charge in [-0.15, -0.1) is 0 Å². The summed E-state index contributed by atoms with van der Waals surface area (Å²) >= 11 is 0. The molecule has 3 N–H and O–H groups in total. The van der Waals surface area contributed by atoms with Crippen LogP contribution in [-0.4, -0.2) is 46.5 Å². The van der Waals surface area contributed by atoms with Crippen molar-refractivity contribution in [3.63, 3.8) is 0 Å². The Bertz CT molecular complexity index is 441. The van der Waals surface area contributed by atoms with E-state index >= 15 is 0 Å². The number of H-pyrrole nitrogens is 1. The molecule has 0 radical (unpaired) electrons. The van der Waals surface area contributed by atoms with E-state index in [4.69, 9.17) is 5.11 Å². The molecule has 90 valence electrons. The molecule has 1 rings (SSSR count). The maximum absolute atomic E-state index is 11.4. The van der Waals surface area contributed by atoms with Gasteiger partial charge in [-0.1, -0.05) is 0 Å². The van der Waals surface area contributed by atoms with Crippen LogP contribution in [0.5, 0.6) is 0 Å². The zero-order valence-electron chi connectivity index (χ0n) is 8.54. The van der Waals surface area contributed by atoms with E-state index in [2.05, 4.69) is 19.9 Å². The fraction of sp³-hybridized carbons (Fsp3) is 0.571. The summed E-state index contributed by atoms with van der Waals surface area (Å²) in [7, 11) is -3.82. The van der Waals surface area contributed by atoms with Gasteiger partial charge in [-0.3, -0.25) is 9.89 Å². The van der Waals surface area contributed by atoms with E-state index in [0.29, 0.717) is 12.2 Å². The van der Waals surface area contributed by atoms with Crippen molar-refractivity contribution < 1.29 is 18.3 Å². The molecular formula is C7H12N4O4S. The van der Waals surface area contributed by atoms with Crippen molar-refractivity contribution in [1.29, 1.82) is 0 Å². The van der Waals surface area contributed by atoms with Crippen LogP contribution in [0.3, 0.4) is 0 Å². The van der Waals surface area contributed by atoms with Crippen molar-refractivity contribution >= 4 is 16.0 Å². The van der Waals surface area contributed by atoms with E-state index in [1.807, 2.05) is 0 Å². The Balaban J connectivity index is 2.46. The molecule has 9 heteroatoms. The Morgan fingerprint density at radius 3 is 2.88 bits per heavy atom. The lowest BCUT2D eigenvalue weighted by Gasteiger charge is -2.08. The van der Waals surface area contributed by atoms with Gasteiger partial charge in [0, 0.05) is 13.0 Å². The molecular weight excluding hydrogens is 236 g/mol. The Morgan fingerprint density at radius 1 is 1.69 bits per heavy atom. The Hall–Kier alpha value is -1.48. The number of hydrogen-bond donors (Lipinski definition) is 3. The van der Waals surface area contributed by atoms with E-state index in [0.717, 1.165) is 6.92 Å². The van der Waals surface area contributed by atoms with Gasteiger partial charge in [-0.05, 0) is 6.92 Å². The molecule has 0 aliphatic heterocycles. The molecule has 1 heterocycles.